The zero-order chi connectivity index (χ0) is 11.6. The highest BCUT2D eigenvalue weighted by molar-refractivity contribution is 5.94. The summed E-state index contributed by atoms with van der Waals surface area (Å²) in [4.78, 5) is 13.3. The van der Waals surface area contributed by atoms with Crippen LogP contribution in [0, 0.1) is 6.92 Å². The Balaban J connectivity index is 3.07. The van der Waals surface area contributed by atoms with Crippen LogP contribution in [0.4, 0.5) is 0 Å². The average Bonchev–Trinajstić information content (AvgIpc) is 2.15. The maximum atomic E-state index is 11.7. The van der Waals surface area contributed by atoms with Gasteiger partial charge in [0.2, 0.25) is 0 Å². The normalized spacial score (nSPS) is 10.5. The fourth-order valence-electron chi connectivity index (χ4n) is 1.71. The first-order valence-electron chi connectivity index (χ1n) is 5.25. The lowest BCUT2D eigenvalue weighted by Crippen LogP contribution is -2.21. The average molecular weight is 205 g/mol. The molecule has 15 heavy (non-hydrogen) atoms. The van der Waals surface area contributed by atoms with E-state index in [1.165, 1.54) is 11.1 Å². The number of nitrogens with zero attached hydrogens (tertiary/aromatic N) is 1. The second-order valence-corrected chi connectivity index (χ2v) is 4.43. The van der Waals surface area contributed by atoms with Crippen molar-refractivity contribution in [2.75, 3.05) is 14.1 Å². The van der Waals surface area contributed by atoms with E-state index < -0.39 is 0 Å². The van der Waals surface area contributed by atoms with E-state index in [-0.39, 0.29) is 5.91 Å². The number of hydrogen-bond donors (Lipinski definition) is 0. The van der Waals surface area contributed by atoms with Gasteiger partial charge in [0.25, 0.3) is 5.91 Å². The summed E-state index contributed by atoms with van der Waals surface area (Å²) >= 11 is 0. The molecule has 0 N–H and O–H groups in total. The van der Waals surface area contributed by atoms with Crippen molar-refractivity contribution in [2.45, 2.75) is 26.7 Å². The van der Waals surface area contributed by atoms with Gasteiger partial charge in [-0.15, -0.1) is 0 Å². The van der Waals surface area contributed by atoms with Crippen molar-refractivity contribution in [2.24, 2.45) is 0 Å². The van der Waals surface area contributed by atoms with E-state index in [9.17, 15) is 4.79 Å². The summed E-state index contributed by atoms with van der Waals surface area (Å²) < 4.78 is 0. The Hall–Kier alpha value is -1.31. The van der Waals surface area contributed by atoms with Gasteiger partial charge in [0.1, 0.15) is 0 Å². The highest BCUT2D eigenvalue weighted by atomic mass is 16.2. The molecule has 0 radical (unpaired) electrons. The first kappa shape index (κ1) is 11.8. The minimum atomic E-state index is 0.0633. The zero-order valence-electron chi connectivity index (χ0n) is 10.2. The molecule has 1 amide bonds. The quantitative estimate of drug-likeness (QED) is 0.727. The summed E-state index contributed by atoms with van der Waals surface area (Å²) in [7, 11) is 3.54. The zero-order valence-corrected chi connectivity index (χ0v) is 10.2. The van der Waals surface area contributed by atoms with Gasteiger partial charge < -0.3 is 4.90 Å². The molecular formula is C13H19NO. The van der Waals surface area contributed by atoms with Gasteiger partial charge in [0, 0.05) is 19.7 Å². The molecule has 0 heterocycles. The van der Waals surface area contributed by atoms with Crippen LogP contribution in [0.5, 0.6) is 0 Å². The van der Waals surface area contributed by atoms with Gasteiger partial charge in [0.05, 0.1) is 0 Å². The molecule has 1 rings (SSSR count). The molecule has 0 bridgehead atoms. The highest BCUT2D eigenvalue weighted by Gasteiger charge is 2.10. The van der Waals surface area contributed by atoms with Crippen molar-refractivity contribution in [3.8, 4) is 0 Å². The summed E-state index contributed by atoms with van der Waals surface area (Å²) in [5.41, 5.74) is 3.27. The minimum absolute atomic E-state index is 0.0633. The number of amides is 1. The molecule has 0 aliphatic heterocycles. The maximum Gasteiger partial charge on any atom is 0.253 e. The van der Waals surface area contributed by atoms with Crippen molar-refractivity contribution in [1.29, 1.82) is 0 Å². The molecule has 2 heteroatoms. The Morgan fingerprint density at radius 2 is 1.87 bits per heavy atom. The topological polar surface area (TPSA) is 20.3 Å². The van der Waals surface area contributed by atoms with Crippen molar-refractivity contribution >= 4 is 5.91 Å². The summed E-state index contributed by atoms with van der Waals surface area (Å²) in [6.45, 7) is 6.38. The fraction of sp³-hybridized carbons (Fsp3) is 0.462. The van der Waals surface area contributed by atoms with Crippen molar-refractivity contribution in [1.82, 2.24) is 4.90 Å². The Bertz CT molecular complexity index is 367. The van der Waals surface area contributed by atoms with Crippen LogP contribution in [0.2, 0.25) is 0 Å². The molecule has 2 nitrogen and oxygen atoms in total. The maximum absolute atomic E-state index is 11.7. The van der Waals surface area contributed by atoms with Gasteiger partial charge in [-0.1, -0.05) is 19.9 Å². The smallest absolute Gasteiger partial charge is 0.253 e. The molecule has 82 valence electrons. The van der Waals surface area contributed by atoms with Crippen molar-refractivity contribution < 1.29 is 4.79 Å². The van der Waals surface area contributed by atoms with Gasteiger partial charge >= 0.3 is 0 Å². The predicted octanol–water partition coefficient (Wildman–Crippen LogP) is 2.82. The van der Waals surface area contributed by atoms with E-state index in [1.807, 2.05) is 12.1 Å². The molecule has 0 atom stereocenters. The summed E-state index contributed by atoms with van der Waals surface area (Å²) in [6, 6.07) is 5.93. The Labute approximate surface area is 91.9 Å². The molecule has 0 unspecified atom stereocenters. The molecule has 1 aromatic rings. The SMILES string of the molecule is Cc1cc(C(=O)N(C)C)ccc1C(C)C. The predicted molar refractivity (Wildman–Crippen MR) is 63.3 cm³/mol. The standard InChI is InChI=1S/C13H19NO/c1-9(2)12-7-6-11(8-10(12)3)13(15)14(4)5/h6-9H,1-5H3. The van der Waals surface area contributed by atoms with Gasteiger partial charge in [-0.2, -0.15) is 0 Å². The number of carbonyl (C=O) groups is 1. The third-order valence-electron chi connectivity index (χ3n) is 2.54. The third kappa shape index (κ3) is 2.58. The van der Waals surface area contributed by atoms with Crippen LogP contribution in [0.1, 0.15) is 41.3 Å². The lowest BCUT2D eigenvalue weighted by atomic mass is 9.96. The molecule has 0 saturated carbocycles. The van der Waals surface area contributed by atoms with Gasteiger partial charge in [0.15, 0.2) is 0 Å². The van der Waals surface area contributed by atoms with Crippen molar-refractivity contribution in [3.63, 3.8) is 0 Å². The monoisotopic (exact) mass is 205 g/mol. The molecule has 1 aromatic carbocycles. The Morgan fingerprint density at radius 1 is 1.27 bits per heavy atom. The first-order valence-corrected chi connectivity index (χ1v) is 5.25. The van der Waals surface area contributed by atoms with Crippen molar-refractivity contribution in [3.05, 3.63) is 34.9 Å². The van der Waals surface area contributed by atoms with Crippen LogP contribution in [0.3, 0.4) is 0 Å². The summed E-state index contributed by atoms with van der Waals surface area (Å²) in [5.74, 6) is 0.571. The van der Waals surface area contributed by atoms with E-state index >= 15 is 0 Å². The van der Waals surface area contributed by atoms with Crippen LogP contribution in [-0.2, 0) is 0 Å². The number of carbonyl (C=O) groups excluding carboxylic acids is 1. The number of aryl methyl sites for hydroxylation is 1. The largest absolute Gasteiger partial charge is 0.345 e. The second kappa shape index (κ2) is 4.47. The van der Waals surface area contributed by atoms with Crippen LogP contribution in [0.15, 0.2) is 18.2 Å². The third-order valence-corrected chi connectivity index (χ3v) is 2.54. The number of benzene rings is 1. The van der Waals surface area contributed by atoms with Crippen LogP contribution in [0.25, 0.3) is 0 Å². The van der Waals surface area contributed by atoms with Crippen LogP contribution in [-0.4, -0.2) is 24.9 Å². The number of rotatable bonds is 2. The van der Waals surface area contributed by atoms with E-state index in [4.69, 9.17) is 0 Å². The number of hydrogen-bond acceptors (Lipinski definition) is 1. The molecule has 0 aliphatic rings. The van der Waals surface area contributed by atoms with Gasteiger partial charge in [-0.3, -0.25) is 4.79 Å². The van der Waals surface area contributed by atoms with E-state index in [0.29, 0.717) is 5.92 Å². The second-order valence-electron chi connectivity index (χ2n) is 4.43. The van der Waals surface area contributed by atoms with Gasteiger partial charge in [-0.25, -0.2) is 0 Å². The molecule has 0 aromatic heterocycles. The molecule has 0 aliphatic carbocycles. The van der Waals surface area contributed by atoms with E-state index in [0.717, 1.165) is 5.56 Å². The Kier molecular flexibility index (Phi) is 3.51. The lowest BCUT2D eigenvalue weighted by Gasteiger charge is -2.14. The molecular weight excluding hydrogens is 186 g/mol. The summed E-state index contributed by atoms with van der Waals surface area (Å²) in [6.07, 6.45) is 0. The lowest BCUT2D eigenvalue weighted by molar-refractivity contribution is 0.0827. The van der Waals surface area contributed by atoms with Crippen LogP contribution < -0.4 is 0 Å². The molecule has 0 saturated heterocycles. The minimum Gasteiger partial charge on any atom is -0.345 e. The first-order chi connectivity index (χ1) is 6.93. The van der Waals surface area contributed by atoms with Crippen LogP contribution >= 0.6 is 0 Å². The fourth-order valence-corrected chi connectivity index (χ4v) is 1.71. The van der Waals surface area contributed by atoms with Gasteiger partial charge in [-0.05, 0) is 36.1 Å². The highest BCUT2D eigenvalue weighted by Crippen LogP contribution is 2.20. The van der Waals surface area contributed by atoms with E-state index in [2.05, 4.69) is 26.8 Å². The Morgan fingerprint density at radius 3 is 2.27 bits per heavy atom. The van der Waals surface area contributed by atoms with E-state index in [1.54, 1.807) is 19.0 Å². The summed E-state index contributed by atoms with van der Waals surface area (Å²) in [5, 5.41) is 0. The molecule has 0 fully saturated rings. The molecule has 0 spiro atoms.